The Hall–Kier alpha value is -2.68. The van der Waals surface area contributed by atoms with Gasteiger partial charge in [0.15, 0.2) is 11.6 Å². The van der Waals surface area contributed by atoms with Gasteiger partial charge in [-0.2, -0.15) is 0 Å². The zero-order valence-electron chi connectivity index (χ0n) is 16.1. The van der Waals surface area contributed by atoms with Gasteiger partial charge in [0.2, 0.25) is 0 Å². The zero-order valence-corrected chi connectivity index (χ0v) is 16.1. The summed E-state index contributed by atoms with van der Waals surface area (Å²) in [4.78, 5) is 8.31. The molecule has 0 bridgehead atoms. The first kappa shape index (κ1) is 19.1. The number of hydrogen-bond donors (Lipinski definition) is 1. The van der Waals surface area contributed by atoms with Gasteiger partial charge in [-0.05, 0) is 29.5 Å². The summed E-state index contributed by atoms with van der Waals surface area (Å²) in [6.45, 7) is 2.26. The van der Waals surface area contributed by atoms with E-state index in [9.17, 15) is 5.11 Å². The molecule has 140 valence electrons. The summed E-state index contributed by atoms with van der Waals surface area (Å²) in [5.74, 6) is 0.699. The Morgan fingerprint density at radius 1 is 0.667 bits per heavy atom. The first-order chi connectivity index (χ1) is 13.3. The van der Waals surface area contributed by atoms with Crippen LogP contribution in [0.1, 0.15) is 51.0 Å². The van der Waals surface area contributed by atoms with Gasteiger partial charge in [0.25, 0.3) is 0 Å². The molecule has 0 radical (unpaired) electrons. The summed E-state index contributed by atoms with van der Waals surface area (Å²) >= 11 is 0. The molecule has 0 unspecified atom stereocenters. The first-order valence-electron chi connectivity index (χ1n) is 9.97. The van der Waals surface area contributed by atoms with E-state index in [4.69, 9.17) is 0 Å². The van der Waals surface area contributed by atoms with Crippen molar-refractivity contribution in [2.75, 3.05) is 0 Å². The van der Waals surface area contributed by atoms with E-state index in [1.807, 2.05) is 12.1 Å². The van der Waals surface area contributed by atoms with Crippen molar-refractivity contribution in [3.8, 4) is 28.3 Å². The Morgan fingerprint density at radius 3 is 1.81 bits per heavy atom. The highest BCUT2D eigenvalue weighted by Crippen LogP contribution is 2.24. The minimum Gasteiger partial charge on any atom is -0.505 e. The molecule has 0 saturated carbocycles. The van der Waals surface area contributed by atoms with Crippen LogP contribution in [0.4, 0.5) is 0 Å². The molecular weight excluding hydrogens is 332 g/mol. The van der Waals surface area contributed by atoms with Gasteiger partial charge in [-0.25, -0.2) is 9.97 Å². The second-order valence-electron chi connectivity index (χ2n) is 7.06. The molecule has 1 aromatic heterocycles. The molecule has 1 heterocycles. The van der Waals surface area contributed by atoms with Crippen molar-refractivity contribution < 1.29 is 5.11 Å². The van der Waals surface area contributed by atoms with Crippen LogP contribution in [0.15, 0.2) is 60.9 Å². The molecule has 0 amide bonds. The fraction of sp³-hybridized carbons (Fsp3) is 0.333. The summed E-state index contributed by atoms with van der Waals surface area (Å²) in [5.41, 5.74) is 4.77. The predicted molar refractivity (Wildman–Crippen MR) is 112 cm³/mol. The van der Waals surface area contributed by atoms with Crippen LogP contribution < -0.4 is 0 Å². The number of nitrogens with zero attached hydrogens (tertiary/aromatic N) is 2. The van der Waals surface area contributed by atoms with Gasteiger partial charge in [-0.15, -0.1) is 0 Å². The lowest BCUT2D eigenvalue weighted by atomic mass is 10.00. The molecule has 3 nitrogen and oxygen atoms in total. The van der Waals surface area contributed by atoms with Crippen LogP contribution in [0.2, 0.25) is 0 Å². The van der Waals surface area contributed by atoms with E-state index >= 15 is 0 Å². The highest BCUT2D eigenvalue weighted by Gasteiger charge is 2.03. The van der Waals surface area contributed by atoms with E-state index in [-0.39, 0.29) is 5.75 Å². The van der Waals surface area contributed by atoms with Crippen molar-refractivity contribution in [3.05, 3.63) is 66.5 Å². The maximum absolute atomic E-state index is 9.30. The molecule has 27 heavy (non-hydrogen) atoms. The first-order valence-corrected chi connectivity index (χ1v) is 9.97. The number of unbranched alkanes of at least 4 members (excludes halogenated alkanes) is 5. The SMILES string of the molecule is CCCCCCCCc1ccc(-c2ccc(-c3ncc(O)cn3)cc2)cc1. The smallest absolute Gasteiger partial charge is 0.159 e. The molecule has 2 aromatic carbocycles. The minimum absolute atomic E-state index is 0.0800. The summed E-state index contributed by atoms with van der Waals surface area (Å²) in [5, 5.41) is 9.30. The molecule has 0 spiro atoms. The van der Waals surface area contributed by atoms with Crippen molar-refractivity contribution in [1.82, 2.24) is 9.97 Å². The molecule has 3 aromatic rings. The molecule has 1 N–H and O–H groups in total. The van der Waals surface area contributed by atoms with Crippen molar-refractivity contribution in [1.29, 1.82) is 0 Å². The lowest BCUT2D eigenvalue weighted by Gasteiger charge is -2.06. The highest BCUT2D eigenvalue weighted by molar-refractivity contribution is 5.67. The number of rotatable bonds is 9. The van der Waals surface area contributed by atoms with E-state index in [2.05, 4.69) is 53.3 Å². The lowest BCUT2D eigenvalue weighted by Crippen LogP contribution is -1.88. The largest absolute Gasteiger partial charge is 0.505 e. The molecule has 0 aliphatic rings. The van der Waals surface area contributed by atoms with E-state index in [0.717, 1.165) is 5.56 Å². The highest BCUT2D eigenvalue weighted by atomic mass is 16.3. The third-order valence-electron chi connectivity index (χ3n) is 4.89. The second-order valence-corrected chi connectivity index (χ2v) is 7.06. The molecule has 0 atom stereocenters. The van der Waals surface area contributed by atoms with Crippen LogP contribution >= 0.6 is 0 Å². The normalized spacial score (nSPS) is 10.9. The second kappa shape index (κ2) is 9.86. The summed E-state index contributed by atoms with van der Waals surface area (Å²) in [7, 11) is 0. The van der Waals surface area contributed by atoms with Crippen LogP contribution in [0.5, 0.6) is 5.75 Å². The van der Waals surface area contributed by atoms with Gasteiger partial charge in [-0.3, -0.25) is 0 Å². The van der Waals surface area contributed by atoms with Crippen LogP contribution in [-0.4, -0.2) is 15.1 Å². The predicted octanol–water partition coefficient (Wildman–Crippen LogP) is 6.42. The van der Waals surface area contributed by atoms with Crippen molar-refractivity contribution in [2.45, 2.75) is 51.9 Å². The zero-order chi connectivity index (χ0) is 18.9. The molecule has 3 heteroatoms. The molecular formula is C24H28N2O. The van der Waals surface area contributed by atoms with E-state index < -0.39 is 0 Å². The average Bonchev–Trinajstić information content (AvgIpc) is 2.72. The Morgan fingerprint density at radius 2 is 1.19 bits per heavy atom. The quantitative estimate of drug-likeness (QED) is 0.448. The molecule has 0 aliphatic heterocycles. The van der Waals surface area contributed by atoms with Gasteiger partial charge < -0.3 is 5.11 Å². The Labute approximate surface area is 162 Å². The summed E-state index contributed by atoms with van der Waals surface area (Å²) < 4.78 is 0. The third-order valence-corrected chi connectivity index (χ3v) is 4.89. The van der Waals surface area contributed by atoms with Gasteiger partial charge in [0, 0.05) is 5.56 Å². The van der Waals surface area contributed by atoms with Crippen LogP contribution in [0.25, 0.3) is 22.5 Å². The van der Waals surface area contributed by atoms with Crippen LogP contribution in [0.3, 0.4) is 0 Å². The molecule has 0 fully saturated rings. The van der Waals surface area contributed by atoms with E-state index in [1.165, 1.54) is 74.0 Å². The van der Waals surface area contributed by atoms with Crippen LogP contribution in [0, 0.1) is 0 Å². The van der Waals surface area contributed by atoms with Crippen LogP contribution in [-0.2, 0) is 6.42 Å². The molecule has 0 saturated heterocycles. The maximum atomic E-state index is 9.30. The van der Waals surface area contributed by atoms with Gasteiger partial charge in [0.05, 0.1) is 12.4 Å². The Balaban J connectivity index is 1.56. The van der Waals surface area contributed by atoms with Crippen molar-refractivity contribution in [3.63, 3.8) is 0 Å². The van der Waals surface area contributed by atoms with Gasteiger partial charge in [0.1, 0.15) is 0 Å². The fourth-order valence-electron chi connectivity index (χ4n) is 3.26. The molecule has 3 rings (SSSR count). The van der Waals surface area contributed by atoms with Crippen molar-refractivity contribution in [2.24, 2.45) is 0 Å². The Kier molecular flexibility index (Phi) is 6.97. The fourth-order valence-corrected chi connectivity index (χ4v) is 3.26. The Bertz CT molecular complexity index is 809. The number of benzene rings is 2. The maximum Gasteiger partial charge on any atom is 0.159 e. The number of aromatic nitrogens is 2. The third kappa shape index (κ3) is 5.65. The number of aryl methyl sites for hydroxylation is 1. The minimum atomic E-state index is 0.0800. The average molecular weight is 361 g/mol. The monoisotopic (exact) mass is 360 g/mol. The topological polar surface area (TPSA) is 46.0 Å². The number of aromatic hydroxyl groups is 1. The van der Waals surface area contributed by atoms with Crippen molar-refractivity contribution >= 4 is 0 Å². The molecule has 0 aliphatic carbocycles. The van der Waals surface area contributed by atoms with Gasteiger partial charge in [-0.1, -0.05) is 87.6 Å². The number of hydrogen-bond acceptors (Lipinski definition) is 3. The lowest BCUT2D eigenvalue weighted by molar-refractivity contribution is 0.470. The van der Waals surface area contributed by atoms with Gasteiger partial charge >= 0.3 is 0 Å². The van der Waals surface area contributed by atoms with E-state index in [0.29, 0.717) is 5.82 Å². The van der Waals surface area contributed by atoms with E-state index in [1.54, 1.807) is 0 Å². The summed E-state index contributed by atoms with van der Waals surface area (Å²) in [6.07, 6.45) is 12.0. The summed E-state index contributed by atoms with van der Waals surface area (Å²) in [6, 6.07) is 17.1. The standard InChI is InChI=1S/C24H28N2O/c1-2-3-4-5-6-7-8-19-9-11-20(12-10-19)21-13-15-22(16-14-21)24-25-17-23(27)18-26-24/h9-18,27H,2-8H2,1H3.